The Morgan fingerprint density at radius 3 is 2.68 bits per heavy atom. The Morgan fingerprint density at radius 2 is 2.11 bits per heavy atom. The van der Waals surface area contributed by atoms with Gasteiger partial charge in [0, 0.05) is 10.4 Å². The number of nitrogens with one attached hydrogen (secondary N) is 1. The second-order valence-electron chi connectivity index (χ2n) is 4.17. The fourth-order valence-electron chi connectivity index (χ4n) is 1.70. The summed E-state index contributed by atoms with van der Waals surface area (Å²) in [5.74, 6) is -0.477. The highest BCUT2D eigenvalue weighted by Crippen LogP contribution is 2.30. The van der Waals surface area contributed by atoms with Gasteiger partial charge in [-0.05, 0) is 37.3 Å². The lowest BCUT2D eigenvalue weighted by Gasteiger charge is -2.16. The Bertz CT molecular complexity index is 612. The molecule has 0 saturated carbocycles. The molecule has 2 rings (SSSR count). The molecule has 0 radical (unpaired) electrons. The van der Waals surface area contributed by atoms with Gasteiger partial charge in [0.2, 0.25) is 5.91 Å². The van der Waals surface area contributed by atoms with Gasteiger partial charge in [0.1, 0.15) is 0 Å². The summed E-state index contributed by atoms with van der Waals surface area (Å²) in [5, 5.41) is 3.25. The standard InChI is InChI=1S/C13H14ClN3OS/c1-7(11-4-5-12(14)19-11)17-10-6-8(13(16)18)2-3-9(10)15/h2-7,17H,15H2,1H3,(H2,16,18). The molecule has 0 aliphatic heterocycles. The number of anilines is 2. The number of rotatable bonds is 4. The van der Waals surface area contributed by atoms with Gasteiger partial charge in [-0.1, -0.05) is 11.6 Å². The molecule has 1 heterocycles. The highest BCUT2D eigenvalue weighted by Gasteiger charge is 2.11. The monoisotopic (exact) mass is 295 g/mol. The number of carbonyl (C=O) groups excluding carboxylic acids is 1. The van der Waals surface area contributed by atoms with Crippen LogP contribution in [0.2, 0.25) is 4.34 Å². The molecule has 2 aromatic rings. The maximum Gasteiger partial charge on any atom is 0.248 e. The molecular formula is C13H14ClN3OS. The van der Waals surface area contributed by atoms with Crippen LogP contribution in [-0.2, 0) is 0 Å². The van der Waals surface area contributed by atoms with Gasteiger partial charge in [-0.15, -0.1) is 11.3 Å². The van der Waals surface area contributed by atoms with E-state index in [2.05, 4.69) is 5.32 Å². The number of carbonyl (C=O) groups is 1. The predicted molar refractivity (Wildman–Crippen MR) is 80.7 cm³/mol. The average molecular weight is 296 g/mol. The van der Waals surface area contributed by atoms with Crippen molar-refractivity contribution in [2.45, 2.75) is 13.0 Å². The Hall–Kier alpha value is -1.72. The van der Waals surface area contributed by atoms with Crippen LogP contribution in [-0.4, -0.2) is 5.91 Å². The zero-order chi connectivity index (χ0) is 14.0. The quantitative estimate of drug-likeness (QED) is 0.757. The largest absolute Gasteiger partial charge is 0.397 e. The molecule has 4 nitrogen and oxygen atoms in total. The van der Waals surface area contributed by atoms with Gasteiger partial charge in [-0.3, -0.25) is 4.79 Å². The van der Waals surface area contributed by atoms with Crippen LogP contribution in [0.5, 0.6) is 0 Å². The summed E-state index contributed by atoms with van der Waals surface area (Å²) in [7, 11) is 0. The lowest BCUT2D eigenvalue weighted by Crippen LogP contribution is -2.13. The van der Waals surface area contributed by atoms with Crippen molar-refractivity contribution in [3.05, 3.63) is 45.1 Å². The first-order valence-electron chi connectivity index (χ1n) is 5.68. The van der Waals surface area contributed by atoms with Crippen molar-refractivity contribution in [3.8, 4) is 0 Å². The Kier molecular flexibility index (Phi) is 3.97. The van der Waals surface area contributed by atoms with Crippen molar-refractivity contribution in [1.82, 2.24) is 0 Å². The smallest absolute Gasteiger partial charge is 0.248 e. The van der Waals surface area contributed by atoms with Gasteiger partial charge < -0.3 is 16.8 Å². The maximum absolute atomic E-state index is 11.2. The number of benzene rings is 1. The fourth-order valence-corrected chi connectivity index (χ4v) is 2.76. The highest BCUT2D eigenvalue weighted by atomic mass is 35.5. The summed E-state index contributed by atoms with van der Waals surface area (Å²) in [6, 6.07) is 8.78. The molecule has 1 unspecified atom stereocenters. The summed E-state index contributed by atoms with van der Waals surface area (Å²) >= 11 is 7.41. The van der Waals surface area contributed by atoms with Gasteiger partial charge in [-0.25, -0.2) is 0 Å². The third-order valence-corrected chi connectivity index (χ3v) is 4.14. The summed E-state index contributed by atoms with van der Waals surface area (Å²) < 4.78 is 0.738. The Morgan fingerprint density at radius 1 is 1.37 bits per heavy atom. The van der Waals surface area contributed by atoms with Gasteiger partial charge in [0.15, 0.2) is 0 Å². The van der Waals surface area contributed by atoms with E-state index >= 15 is 0 Å². The summed E-state index contributed by atoms with van der Waals surface area (Å²) in [4.78, 5) is 12.3. The fraction of sp³-hybridized carbons (Fsp3) is 0.154. The molecule has 1 atom stereocenters. The SMILES string of the molecule is CC(Nc1cc(C(N)=O)ccc1N)c1ccc(Cl)s1. The second-order valence-corrected chi connectivity index (χ2v) is 5.92. The van der Waals surface area contributed by atoms with Crippen molar-refractivity contribution in [2.75, 3.05) is 11.1 Å². The molecule has 0 aliphatic rings. The summed E-state index contributed by atoms with van der Waals surface area (Å²) in [5.41, 5.74) is 12.8. The van der Waals surface area contributed by atoms with E-state index in [1.165, 1.54) is 11.3 Å². The third-order valence-electron chi connectivity index (χ3n) is 2.73. The van der Waals surface area contributed by atoms with E-state index in [1.807, 2.05) is 19.1 Å². The number of nitrogen functional groups attached to an aromatic ring is 1. The molecule has 0 bridgehead atoms. The topological polar surface area (TPSA) is 81.1 Å². The number of nitrogens with two attached hydrogens (primary N) is 2. The molecule has 1 amide bonds. The van der Waals surface area contributed by atoms with Crippen molar-refractivity contribution in [2.24, 2.45) is 5.73 Å². The molecule has 0 fully saturated rings. The lowest BCUT2D eigenvalue weighted by molar-refractivity contribution is 0.100. The summed E-state index contributed by atoms with van der Waals surface area (Å²) in [6.45, 7) is 2.00. The third kappa shape index (κ3) is 3.19. The molecule has 0 spiro atoms. The molecule has 1 aromatic carbocycles. The molecule has 6 heteroatoms. The normalized spacial score (nSPS) is 12.1. The van der Waals surface area contributed by atoms with Crippen LogP contribution in [0.15, 0.2) is 30.3 Å². The first-order chi connectivity index (χ1) is 8.97. The van der Waals surface area contributed by atoms with Gasteiger partial charge in [0.25, 0.3) is 0 Å². The van der Waals surface area contributed by atoms with Crippen molar-refractivity contribution >= 4 is 40.2 Å². The molecule has 1 aromatic heterocycles. The van der Waals surface area contributed by atoms with E-state index < -0.39 is 5.91 Å². The Labute approximate surface area is 120 Å². The number of halogens is 1. The van der Waals surface area contributed by atoms with E-state index in [4.69, 9.17) is 23.1 Å². The first-order valence-corrected chi connectivity index (χ1v) is 6.88. The molecule has 0 saturated heterocycles. The van der Waals surface area contributed by atoms with Gasteiger partial charge >= 0.3 is 0 Å². The number of thiophene rings is 1. The van der Waals surface area contributed by atoms with E-state index in [1.54, 1.807) is 18.2 Å². The minimum absolute atomic E-state index is 0.0444. The molecule has 19 heavy (non-hydrogen) atoms. The number of amides is 1. The first kappa shape index (κ1) is 13.7. The predicted octanol–water partition coefficient (Wildman–Crippen LogP) is 3.26. The van der Waals surface area contributed by atoms with Gasteiger partial charge in [-0.2, -0.15) is 0 Å². The van der Waals surface area contributed by atoms with Crippen molar-refractivity contribution < 1.29 is 4.79 Å². The zero-order valence-corrected chi connectivity index (χ0v) is 11.9. The van der Waals surface area contributed by atoms with Crippen molar-refractivity contribution in [1.29, 1.82) is 0 Å². The molecular weight excluding hydrogens is 282 g/mol. The Balaban J connectivity index is 2.22. The van der Waals surface area contributed by atoms with E-state index in [-0.39, 0.29) is 6.04 Å². The molecule has 100 valence electrons. The van der Waals surface area contributed by atoms with Crippen LogP contribution in [0.1, 0.15) is 28.2 Å². The number of hydrogen-bond donors (Lipinski definition) is 3. The van der Waals surface area contributed by atoms with E-state index in [9.17, 15) is 4.79 Å². The van der Waals surface area contributed by atoms with Crippen LogP contribution in [0.4, 0.5) is 11.4 Å². The molecule has 0 aliphatic carbocycles. The van der Waals surface area contributed by atoms with E-state index in [0.29, 0.717) is 16.9 Å². The number of primary amides is 1. The second kappa shape index (κ2) is 5.50. The van der Waals surface area contributed by atoms with Crippen LogP contribution in [0, 0.1) is 0 Å². The van der Waals surface area contributed by atoms with Gasteiger partial charge in [0.05, 0.1) is 21.8 Å². The van der Waals surface area contributed by atoms with Crippen LogP contribution < -0.4 is 16.8 Å². The minimum atomic E-state index is -0.477. The van der Waals surface area contributed by atoms with Crippen molar-refractivity contribution in [3.63, 3.8) is 0 Å². The summed E-state index contributed by atoms with van der Waals surface area (Å²) in [6.07, 6.45) is 0. The maximum atomic E-state index is 11.2. The zero-order valence-electron chi connectivity index (χ0n) is 10.3. The average Bonchev–Trinajstić information content (AvgIpc) is 2.78. The van der Waals surface area contributed by atoms with Crippen LogP contribution in [0.3, 0.4) is 0 Å². The van der Waals surface area contributed by atoms with Crippen LogP contribution in [0.25, 0.3) is 0 Å². The highest BCUT2D eigenvalue weighted by molar-refractivity contribution is 7.16. The number of hydrogen-bond acceptors (Lipinski definition) is 4. The lowest BCUT2D eigenvalue weighted by atomic mass is 10.1. The van der Waals surface area contributed by atoms with Crippen LogP contribution >= 0.6 is 22.9 Å². The molecule has 5 N–H and O–H groups in total. The minimum Gasteiger partial charge on any atom is -0.397 e. The van der Waals surface area contributed by atoms with E-state index in [0.717, 1.165) is 9.21 Å².